The van der Waals surface area contributed by atoms with Crippen molar-refractivity contribution in [1.82, 2.24) is 0 Å². The second-order valence-electron chi connectivity index (χ2n) is 8.89. The van der Waals surface area contributed by atoms with E-state index in [0.717, 1.165) is 0 Å². The van der Waals surface area contributed by atoms with Gasteiger partial charge in [0.05, 0.1) is 0 Å². The molecule has 0 amide bonds. The lowest BCUT2D eigenvalue weighted by Gasteiger charge is -2.29. The Hall–Kier alpha value is -1.30. The molecule has 1 aliphatic rings. The van der Waals surface area contributed by atoms with Crippen molar-refractivity contribution in [3.05, 3.63) is 52.1 Å². The van der Waals surface area contributed by atoms with E-state index in [1.54, 1.807) is 5.57 Å². The summed E-state index contributed by atoms with van der Waals surface area (Å²) in [5.41, 5.74) is 9.25. The maximum atomic E-state index is 2.47. The van der Waals surface area contributed by atoms with Crippen molar-refractivity contribution in [2.24, 2.45) is 5.41 Å². The Balaban J connectivity index is 2.57. The van der Waals surface area contributed by atoms with Gasteiger partial charge in [-0.05, 0) is 59.8 Å². The highest BCUT2D eigenvalue weighted by atomic mass is 14.3. The van der Waals surface area contributed by atoms with Crippen LogP contribution in [0.3, 0.4) is 0 Å². The molecule has 0 fully saturated rings. The van der Waals surface area contributed by atoms with E-state index in [9.17, 15) is 0 Å². The minimum absolute atomic E-state index is 0.197. The van der Waals surface area contributed by atoms with Crippen LogP contribution in [0.4, 0.5) is 0 Å². The van der Waals surface area contributed by atoms with E-state index >= 15 is 0 Å². The highest BCUT2D eigenvalue weighted by molar-refractivity contribution is 5.80. The van der Waals surface area contributed by atoms with Gasteiger partial charge in [-0.3, -0.25) is 0 Å². The van der Waals surface area contributed by atoms with Gasteiger partial charge < -0.3 is 0 Å². The van der Waals surface area contributed by atoms with E-state index in [0.29, 0.717) is 0 Å². The van der Waals surface area contributed by atoms with Crippen LogP contribution in [0.15, 0.2) is 35.4 Å². The Labute approximate surface area is 137 Å². The molecule has 1 aromatic rings. The maximum absolute atomic E-state index is 2.47. The monoisotopic (exact) mass is 296 g/mol. The third kappa shape index (κ3) is 3.54. The summed E-state index contributed by atoms with van der Waals surface area (Å²) >= 11 is 0. The summed E-state index contributed by atoms with van der Waals surface area (Å²) in [5.74, 6) is 0. The zero-order valence-corrected chi connectivity index (χ0v) is 15.7. The van der Waals surface area contributed by atoms with E-state index in [4.69, 9.17) is 0 Å². The maximum Gasteiger partial charge on any atom is -0.0132 e. The third-order valence-electron chi connectivity index (χ3n) is 4.90. The second kappa shape index (κ2) is 5.72. The molecule has 0 saturated carbocycles. The molecule has 0 nitrogen and oxygen atoms in total. The smallest absolute Gasteiger partial charge is 0.0132 e. The molecule has 120 valence electrons. The molecule has 0 saturated heterocycles. The Morgan fingerprint density at radius 1 is 0.818 bits per heavy atom. The van der Waals surface area contributed by atoms with Gasteiger partial charge in [-0.2, -0.15) is 0 Å². The lowest BCUT2D eigenvalue weighted by atomic mass is 9.76. The van der Waals surface area contributed by atoms with Gasteiger partial charge >= 0.3 is 0 Å². The summed E-state index contributed by atoms with van der Waals surface area (Å²) in [5, 5.41) is 0. The number of rotatable bonds is 1. The zero-order valence-electron chi connectivity index (χ0n) is 15.7. The predicted molar refractivity (Wildman–Crippen MR) is 99.2 cm³/mol. The van der Waals surface area contributed by atoms with E-state index in [1.807, 2.05) is 0 Å². The molecule has 0 bridgehead atoms. The first-order chi connectivity index (χ1) is 10.00. The van der Waals surface area contributed by atoms with Gasteiger partial charge in [-0.15, -0.1) is 0 Å². The molecule has 0 unspecified atom stereocenters. The average Bonchev–Trinajstić information content (AvgIpc) is 2.37. The van der Waals surface area contributed by atoms with Gasteiger partial charge in [0.25, 0.3) is 0 Å². The number of allylic oxidation sites excluding steroid dienone is 4. The Bertz CT molecular complexity index is 625. The molecule has 0 heterocycles. The normalized spacial score (nSPS) is 16.8. The first kappa shape index (κ1) is 17.1. The van der Waals surface area contributed by atoms with Crippen molar-refractivity contribution in [2.75, 3.05) is 0 Å². The van der Waals surface area contributed by atoms with Gasteiger partial charge in [0.15, 0.2) is 0 Å². The summed E-state index contributed by atoms with van der Waals surface area (Å²) in [6, 6.07) is 6.98. The summed E-state index contributed by atoms with van der Waals surface area (Å²) < 4.78 is 0. The second-order valence-corrected chi connectivity index (χ2v) is 8.89. The Morgan fingerprint density at radius 2 is 1.45 bits per heavy atom. The minimum atomic E-state index is 0.197. The molecule has 0 N–H and O–H groups in total. The Morgan fingerprint density at radius 3 is 2.00 bits per heavy atom. The fraction of sp³-hybridized carbons (Fsp3) is 0.545. The molecule has 2 rings (SSSR count). The third-order valence-corrected chi connectivity index (χ3v) is 4.90. The summed E-state index contributed by atoms with van der Waals surface area (Å²) in [6.07, 6.45) is 4.86. The van der Waals surface area contributed by atoms with Crippen molar-refractivity contribution < 1.29 is 0 Å². The van der Waals surface area contributed by atoms with Crippen LogP contribution in [0.25, 0.3) is 5.57 Å². The van der Waals surface area contributed by atoms with Crippen LogP contribution in [-0.2, 0) is 5.41 Å². The van der Waals surface area contributed by atoms with Crippen LogP contribution in [-0.4, -0.2) is 0 Å². The molecule has 0 aliphatic heterocycles. The molecule has 0 heteroatoms. The largest absolute Gasteiger partial charge is 0.0652 e. The molecule has 0 spiro atoms. The molecule has 0 aromatic heterocycles. The standard InChI is InChI=1S/C22H32/c1-15-9-11-17(21(3,4)5)13-19(15)20-14-18(22(6,7)8)12-10-16(20)2/h9,11,13-14H,10,12H2,1-8H3. The highest BCUT2D eigenvalue weighted by Crippen LogP contribution is 2.40. The van der Waals surface area contributed by atoms with E-state index in [1.165, 1.54) is 40.7 Å². The van der Waals surface area contributed by atoms with Crippen molar-refractivity contribution in [1.29, 1.82) is 0 Å². The van der Waals surface area contributed by atoms with Gasteiger partial charge in [-0.1, -0.05) is 77.0 Å². The van der Waals surface area contributed by atoms with Gasteiger partial charge in [0.1, 0.15) is 0 Å². The molecule has 1 aliphatic carbocycles. The van der Waals surface area contributed by atoms with Gasteiger partial charge in [0.2, 0.25) is 0 Å². The molecule has 22 heavy (non-hydrogen) atoms. The number of hydrogen-bond acceptors (Lipinski definition) is 0. The fourth-order valence-electron chi connectivity index (χ4n) is 3.10. The molecule has 0 radical (unpaired) electrons. The van der Waals surface area contributed by atoms with E-state index in [2.05, 4.69) is 79.7 Å². The highest BCUT2D eigenvalue weighted by Gasteiger charge is 2.23. The molecular formula is C22H32. The number of hydrogen-bond donors (Lipinski definition) is 0. The SMILES string of the molecule is CC1=C(c2cc(C(C)(C)C)ccc2C)C=C(C(C)(C)C)CC1. The molecule has 1 aromatic carbocycles. The number of aryl methyl sites for hydroxylation is 1. The van der Waals surface area contributed by atoms with Crippen molar-refractivity contribution in [2.45, 2.75) is 73.6 Å². The van der Waals surface area contributed by atoms with E-state index in [-0.39, 0.29) is 10.8 Å². The van der Waals surface area contributed by atoms with Crippen molar-refractivity contribution in [3.63, 3.8) is 0 Å². The van der Waals surface area contributed by atoms with Crippen molar-refractivity contribution in [3.8, 4) is 0 Å². The van der Waals surface area contributed by atoms with Crippen LogP contribution < -0.4 is 0 Å². The van der Waals surface area contributed by atoms with Crippen molar-refractivity contribution >= 4 is 5.57 Å². The quantitative estimate of drug-likeness (QED) is 0.532. The van der Waals surface area contributed by atoms with Crippen LogP contribution in [0.5, 0.6) is 0 Å². The van der Waals surface area contributed by atoms with Gasteiger partial charge in [0, 0.05) is 0 Å². The summed E-state index contributed by atoms with van der Waals surface area (Å²) in [7, 11) is 0. The van der Waals surface area contributed by atoms with Crippen LogP contribution in [0.2, 0.25) is 0 Å². The van der Waals surface area contributed by atoms with Crippen LogP contribution in [0, 0.1) is 12.3 Å². The van der Waals surface area contributed by atoms with E-state index < -0.39 is 0 Å². The fourth-order valence-corrected chi connectivity index (χ4v) is 3.10. The Kier molecular flexibility index (Phi) is 4.44. The lowest BCUT2D eigenvalue weighted by molar-refractivity contribution is 0.480. The topological polar surface area (TPSA) is 0 Å². The first-order valence-corrected chi connectivity index (χ1v) is 8.52. The predicted octanol–water partition coefficient (Wildman–Crippen LogP) is 6.83. The minimum Gasteiger partial charge on any atom is -0.0652 e. The van der Waals surface area contributed by atoms with Gasteiger partial charge in [-0.25, -0.2) is 0 Å². The molecule has 0 atom stereocenters. The summed E-state index contributed by atoms with van der Waals surface area (Å²) in [4.78, 5) is 0. The molecular weight excluding hydrogens is 264 g/mol. The first-order valence-electron chi connectivity index (χ1n) is 8.52. The van der Waals surface area contributed by atoms with Crippen LogP contribution >= 0.6 is 0 Å². The number of benzene rings is 1. The zero-order chi connectivity index (χ0) is 16.7. The lowest BCUT2D eigenvalue weighted by Crippen LogP contribution is -2.14. The van der Waals surface area contributed by atoms with Crippen LogP contribution in [0.1, 0.15) is 78.0 Å². The summed E-state index contributed by atoms with van der Waals surface area (Å²) in [6.45, 7) is 18.4. The average molecular weight is 296 g/mol.